The standard InChI is InChI=1S/C18H26F2O2/c1-4-8-14(9-5-2)10-6-7-13-22-16-12-11-15(21-3)17(19)18(16)20/h4,8,11-12,14H,5-7,9-10,13H2,1-3H3/b8-4+. The molecular weight excluding hydrogens is 286 g/mol. The summed E-state index contributed by atoms with van der Waals surface area (Å²) in [5.41, 5.74) is 0. The van der Waals surface area contributed by atoms with Gasteiger partial charge >= 0.3 is 0 Å². The first-order valence-electron chi connectivity index (χ1n) is 7.91. The number of hydrogen-bond acceptors (Lipinski definition) is 2. The van der Waals surface area contributed by atoms with E-state index in [1.54, 1.807) is 0 Å². The van der Waals surface area contributed by atoms with E-state index in [0.717, 1.165) is 19.3 Å². The molecule has 0 radical (unpaired) electrons. The molecule has 1 unspecified atom stereocenters. The van der Waals surface area contributed by atoms with Gasteiger partial charge in [-0.05, 0) is 50.7 Å². The number of methoxy groups -OCH3 is 1. The summed E-state index contributed by atoms with van der Waals surface area (Å²) in [5, 5.41) is 0. The molecule has 4 heteroatoms. The largest absolute Gasteiger partial charge is 0.494 e. The molecule has 124 valence electrons. The Morgan fingerprint density at radius 3 is 2.41 bits per heavy atom. The lowest BCUT2D eigenvalue weighted by Crippen LogP contribution is -2.03. The highest BCUT2D eigenvalue weighted by Gasteiger charge is 2.14. The lowest BCUT2D eigenvalue weighted by Gasteiger charge is -2.12. The van der Waals surface area contributed by atoms with Crippen molar-refractivity contribution < 1.29 is 18.3 Å². The van der Waals surface area contributed by atoms with Gasteiger partial charge < -0.3 is 9.47 Å². The Labute approximate surface area is 132 Å². The van der Waals surface area contributed by atoms with Crippen LogP contribution >= 0.6 is 0 Å². The highest BCUT2D eigenvalue weighted by molar-refractivity contribution is 5.34. The summed E-state index contributed by atoms with van der Waals surface area (Å²) < 4.78 is 37.3. The van der Waals surface area contributed by atoms with Crippen LogP contribution in [0.15, 0.2) is 24.3 Å². The summed E-state index contributed by atoms with van der Waals surface area (Å²) in [6.07, 6.45) is 9.61. The van der Waals surface area contributed by atoms with Crippen LogP contribution in [0.3, 0.4) is 0 Å². The molecule has 0 aliphatic rings. The van der Waals surface area contributed by atoms with Crippen molar-refractivity contribution in [2.75, 3.05) is 13.7 Å². The van der Waals surface area contributed by atoms with Crippen molar-refractivity contribution in [1.29, 1.82) is 0 Å². The van der Waals surface area contributed by atoms with Crippen LogP contribution in [0.4, 0.5) is 8.78 Å². The number of ether oxygens (including phenoxy) is 2. The fraction of sp³-hybridized carbons (Fsp3) is 0.556. The molecule has 1 atom stereocenters. The molecule has 0 saturated carbocycles. The third kappa shape index (κ3) is 5.66. The van der Waals surface area contributed by atoms with Crippen molar-refractivity contribution in [3.05, 3.63) is 35.9 Å². The minimum Gasteiger partial charge on any atom is -0.494 e. The van der Waals surface area contributed by atoms with Crippen molar-refractivity contribution in [1.82, 2.24) is 0 Å². The first kappa shape index (κ1) is 18.5. The van der Waals surface area contributed by atoms with Gasteiger partial charge in [-0.2, -0.15) is 8.78 Å². The fourth-order valence-electron chi connectivity index (χ4n) is 2.45. The molecule has 1 aromatic rings. The number of allylic oxidation sites excluding steroid dienone is 2. The van der Waals surface area contributed by atoms with Gasteiger partial charge in [-0.1, -0.05) is 25.5 Å². The monoisotopic (exact) mass is 312 g/mol. The number of rotatable bonds is 10. The van der Waals surface area contributed by atoms with E-state index in [4.69, 9.17) is 9.47 Å². The Hall–Kier alpha value is -1.58. The number of hydrogen-bond donors (Lipinski definition) is 0. The lowest BCUT2D eigenvalue weighted by molar-refractivity contribution is 0.278. The third-order valence-electron chi connectivity index (χ3n) is 3.58. The molecule has 0 N–H and O–H groups in total. The number of halogens is 2. The topological polar surface area (TPSA) is 18.5 Å². The number of benzene rings is 1. The van der Waals surface area contributed by atoms with E-state index in [0.29, 0.717) is 12.5 Å². The SMILES string of the molecule is C/C=C/C(CCC)CCCCOc1ccc(OC)c(F)c1F. The van der Waals surface area contributed by atoms with Crippen molar-refractivity contribution in [3.8, 4) is 11.5 Å². The molecule has 0 aliphatic heterocycles. The summed E-state index contributed by atoms with van der Waals surface area (Å²) in [5.74, 6) is -1.56. The van der Waals surface area contributed by atoms with Crippen LogP contribution in [0.25, 0.3) is 0 Å². The molecule has 0 fully saturated rings. The molecule has 1 aromatic carbocycles. The Bertz CT molecular complexity index is 472. The summed E-state index contributed by atoms with van der Waals surface area (Å²) >= 11 is 0. The third-order valence-corrected chi connectivity index (χ3v) is 3.58. The molecule has 2 nitrogen and oxygen atoms in total. The normalized spacial score (nSPS) is 12.6. The fourth-order valence-corrected chi connectivity index (χ4v) is 2.45. The Balaban J connectivity index is 2.37. The van der Waals surface area contributed by atoms with E-state index in [1.807, 2.05) is 6.92 Å². The van der Waals surface area contributed by atoms with Crippen molar-refractivity contribution in [3.63, 3.8) is 0 Å². The predicted octanol–water partition coefficient (Wildman–Crippen LogP) is 5.51. The average Bonchev–Trinajstić information content (AvgIpc) is 2.51. The van der Waals surface area contributed by atoms with Crippen LogP contribution in [0, 0.1) is 17.6 Å². The maximum Gasteiger partial charge on any atom is 0.204 e. The molecule has 0 heterocycles. The van der Waals surface area contributed by atoms with Gasteiger partial charge in [0.25, 0.3) is 0 Å². The maximum atomic E-state index is 13.7. The first-order chi connectivity index (χ1) is 10.6. The molecule has 0 bridgehead atoms. The second-order valence-corrected chi connectivity index (χ2v) is 5.31. The van der Waals surface area contributed by atoms with Crippen LogP contribution in [0.2, 0.25) is 0 Å². The molecule has 1 rings (SSSR count). The van der Waals surface area contributed by atoms with Gasteiger partial charge in [-0.25, -0.2) is 0 Å². The second-order valence-electron chi connectivity index (χ2n) is 5.31. The zero-order valence-electron chi connectivity index (χ0n) is 13.7. The summed E-state index contributed by atoms with van der Waals surface area (Å²) in [6.45, 7) is 4.60. The van der Waals surface area contributed by atoms with E-state index in [1.165, 1.54) is 32.1 Å². The van der Waals surface area contributed by atoms with Crippen molar-refractivity contribution in [2.45, 2.75) is 46.0 Å². The van der Waals surface area contributed by atoms with Crippen LogP contribution in [-0.4, -0.2) is 13.7 Å². The van der Waals surface area contributed by atoms with E-state index < -0.39 is 11.6 Å². The molecule has 0 spiro atoms. The minimum atomic E-state index is -1.00. The predicted molar refractivity (Wildman–Crippen MR) is 85.5 cm³/mol. The summed E-state index contributed by atoms with van der Waals surface area (Å²) in [7, 11) is 1.30. The van der Waals surface area contributed by atoms with Gasteiger partial charge in [0.2, 0.25) is 11.6 Å². The zero-order valence-corrected chi connectivity index (χ0v) is 13.7. The molecule has 0 aromatic heterocycles. The van der Waals surface area contributed by atoms with Crippen LogP contribution < -0.4 is 9.47 Å². The molecular formula is C18H26F2O2. The summed E-state index contributed by atoms with van der Waals surface area (Å²) in [6, 6.07) is 2.77. The zero-order chi connectivity index (χ0) is 16.4. The second kappa shape index (κ2) is 10.2. The number of unbranched alkanes of at least 4 members (excludes halogenated alkanes) is 1. The Morgan fingerprint density at radius 1 is 1.09 bits per heavy atom. The maximum absolute atomic E-state index is 13.7. The summed E-state index contributed by atoms with van der Waals surface area (Å²) in [4.78, 5) is 0. The lowest BCUT2D eigenvalue weighted by atomic mass is 9.97. The van der Waals surface area contributed by atoms with E-state index in [-0.39, 0.29) is 11.5 Å². The highest BCUT2D eigenvalue weighted by Crippen LogP contribution is 2.27. The molecule has 0 aliphatic carbocycles. The van der Waals surface area contributed by atoms with Crippen molar-refractivity contribution >= 4 is 0 Å². The van der Waals surface area contributed by atoms with E-state index >= 15 is 0 Å². The van der Waals surface area contributed by atoms with E-state index in [9.17, 15) is 8.78 Å². The van der Waals surface area contributed by atoms with Crippen LogP contribution in [-0.2, 0) is 0 Å². The molecule has 22 heavy (non-hydrogen) atoms. The average molecular weight is 312 g/mol. The van der Waals surface area contributed by atoms with E-state index in [2.05, 4.69) is 19.1 Å². The highest BCUT2D eigenvalue weighted by atomic mass is 19.2. The molecule has 0 saturated heterocycles. The van der Waals surface area contributed by atoms with Crippen LogP contribution in [0.5, 0.6) is 11.5 Å². The quantitative estimate of drug-likeness (QED) is 0.418. The van der Waals surface area contributed by atoms with Gasteiger partial charge in [-0.15, -0.1) is 0 Å². The van der Waals surface area contributed by atoms with Gasteiger partial charge in [0.15, 0.2) is 11.5 Å². The van der Waals surface area contributed by atoms with Gasteiger partial charge in [-0.3, -0.25) is 0 Å². The van der Waals surface area contributed by atoms with Crippen LogP contribution in [0.1, 0.15) is 46.0 Å². The first-order valence-corrected chi connectivity index (χ1v) is 7.91. The van der Waals surface area contributed by atoms with Gasteiger partial charge in [0.05, 0.1) is 13.7 Å². The van der Waals surface area contributed by atoms with Gasteiger partial charge in [0.1, 0.15) is 0 Å². The Morgan fingerprint density at radius 2 is 1.77 bits per heavy atom. The minimum absolute atomic E-state index is 0.0585. The smallest absolute Gasteiger partial charge is 0.204 e. The molecule has 0 amide bonds. The van der Waals surface area contributed by atoms with Crippen molar-refractivity contribution in [2.24, 2.45) is 5.92 Å². The van der Waals surface area contributed by atoms with Gasteiger partial charge in [0, 0.05) is 0 Å². The Kier molecular flexibility index (Phi) is 8.56.